The van der Waals surface area contributed by atoms with Crippen LogP contribution in [0.2, 0.25) is 0 Å². The van der Waals surface area contributed by atoms with Crippen molar-refractivity contribution in [2.75, 3.05) is 6.54 Å². The van der Waals surface area contributed by atoms with E-state index in [-0.39, 0.29) is 5.91 Å². The number of nitrogens with one attached hydrogen (secondary N) is 2. The second-order valence-electron chi connectivity index (χ2n) is 5.90. The van der Waals surface area contributed by atoms with Crippen LogP contribution < -0.4 is 10.6 Å². The van der Waals surface area contributed by atoms with Gasteiger partial charge in [-0.05, 0) is 50.1 Å². The molecule has 1 aliphatic rings. The molecule has 3 rings (SSSR count). The third-order valence-electron chi connectivity index (χ3n) is 3.77. The molecule has 2 aromatic rings. The predicted molar refractivity (Wildman–Crippen MR) is 93.9 cm³/mol. The van der Waals surface area contributed by atoms with Crippen molar-refractivity contribution < 1.29 is 9.21 Å². The van der Waals surface area contributed by atoms with Crippen molar-refractivity contribution in [3.05, 3.63) is 46.6 Å². The summed E-state index contributed by atoms with van der Waals surface area (Å²) >= 11 is 3.47. The molecular weight excluding hydrogens is 356 g/mol. The Bertz CT molecular complexity index is 665. The molecule has 1 saturated carbocycles. The summed E-state index contributed by atoms with van der Waals surface area (Å²) in [4.78, 5) is 11.6. The zero-order valence-corrected chi connectivity index (χ0v) is 14.6. The fraction of sp³-hybridized carbons (Fsp3) is 0.389. The molecule has 1 aliphatic carbocycles. The lowest BCUT2D eigenvalue weighted by molar-refractivity contribution is -0.121. The number of halogens is 1. The monoisotopic (exact) mass is 376 g/mol. The summed E-state index contributed by atoms with van der Waals surface area (Å²) in [6.07, 6.45) is 3.72. The first kappa shape index (κ1) is 16.3. The Labute approximate surface area is 144 Å². The molecule has 122 valence electrons. The SMILES string of the molecule is O=C(CCCNCc1ccc(-c2cccc(Br)c2)o1)NC1CC1. The van der Waals surface area contributed by atoms with Crippen LogP contribution in [0, 0.1) is 0 Å². The van der Waals surface area contributed by atoms with E-state index in [4.69, 9.17) is 4.42 Å². The van der Waals surface area contributed by atoms with Crippen LogP contribution in [0.1, 0.15) is 31.4 Å². The molecule has 0 spiro atoms. The van der Waals surface area contributed by atoms with Crippen LogP contribution in [0.25, 0.3) is 11.3 Å². The van der Waals surface area contributed by atoms with Gasteiger partial charge in [0.25, 0.3) is 0 Å². The molecular formula is C18H21BrN2O2. The van der Waals surface area contributed by atoms with Gasteiger partial charge in [-0.25, -0.2) is 0 Å². The van der Waals surface area contributed by atoms with E-state index in [1.165, 1.54) is 0 Å². The highest BCUT2D eigenvalue weighted by molar-refractivity contribution is 9.10. The molecule has 1 aromatic heterocycles. The smallest absolute Gasteiger partial charge is 0.220 e. The van der Waals surface area contributed by atoms with E-state index in [2.05, 4.69) is 26.6 Å². The topological polar surface area (TPSA) is 54.3 Å². The lowest BCUT2D eigenvalue weighted by Gasteiger charge is -2.04. The number of furan rings is 1. The first-order valence-electron chi connectivity index (χ1n) is 8.05. The van der Waals surface area contributed by atoms with E-state index in [1.807, 2.05) is 36.4 Å². The Kier molecular flexibility index (Phi) is 5.51. The molecule has 1 amide bonds. The molecule has 0 radical (unpaired) electrons. The van der Waals surface area contributed by atoms with Gasteiger partial charge in [0, 0.05) is 22.5 Å². The van der Waals surface area contributed by atoms with Gasteiger partial charge in [-0.2, -0.15) is 0 Å². The maximum Gasteiger partial charge on any atom is 0.220 e. The van der Waals surface area contributed by atoms with E-state index in [1.54, 1.807) is 0 Å². The molecule has 2 N–H and O–H groups in total. The average molecular weight is 377 g/mol. The fourth-order valence-corrected chi connectivity index (χ4v) is 2.78. The molecule has 1 aromatic carbocycles. The largest absolute Gasteiger partial charge is 0.460 e. The van der Waals surface area contributed by atoms with Gasteiger partial charge in [0.05, 0.1) is 6.54 Å². The van der Waals surface area contributed by atoms with Crippen LogP contribution >= 0.6 is 15.9 Å². The highest BCUT2D eigenvalue weighted by Crippen LogP contribution is 2.25. The highest BCUT2D eigenvalue weighted by Gasteiger charge is 2.22. The van der Waals surface area contributed by atoms with E-state index in [0.717, 1.165) is 47.4 Å². The maximum atomic E-state index is 11.6. The Balaban J connectivity index is 1.38. The van der Waals surface area contributed by atoms with Crippen molar-refractivity contribution in [1.82, 2.24) is 10.6 Å². The molecule has 0 unspecified atom stereocenters. The number of amides is 1. The van der Waals surface area contributed by atoms with Crippen molar-refractivity contribution in [2.24, 2.45) is 0 Å². The second-order valence-corrected chi connectivity index (χ2v) is 6.81. The third-order valence-corrected chi connectivity index (χ3v) is 4.26. The summed E-state index contributed by atoms with van der Waals surface area (Å²) in [6, 6.07) is 12.5. The van der Waals surface area contributed by atoms with Crippen molar-refractivity contribution >= 4 is 21.8 Å². The van der Waals surface area contributed by atoms with Crippen LogP contribution in [0.3, 0.4) is 0 Å². The van der Waals surface area contributed by atoms with Crippen molar-refractivity contribution in [2.45, 2.75) is 38.3 Å². The minimum Gasteiger partial charge on any atom is -0.460 e. The van der Waals surface area contributed by atoms with Gasteiger partial charge in [-0.1, -0.05) is 28.1 Å². The van der Waals surface area contributed by atoms with E-state index < -0.39 is 0 Å². The third kappa shape index (κ3) is 5.22. The summed E-state index contributed by atoms with van der Waals surface area (Å²) in [5.74, 6) is 1.94. The summed E-state index contributed by atoms with van der Waals surface area (Å²) in [5, 5.41) is 6.32. The Hall–Kier alpha value is -1.59. The fourth-order valence-electron chi connectivity index (χ4n) is 2.38. The van der Waals surface area contributed by atoms with Crippen LogP contribution in [0.15, 0.2) is 45.3 Å². The lowest BCUT2D eigenvalue weighted by Crippen LogP contribution is -2.26. The molecule has 4 nitrogen and oxygen atoms in total. The number of hydrogen-bond donors (Lipinski definition) is 2. The molecule has 0 atom stereocenters. The molecule has 0 aliphatic heterocycles. The number of carbonyl (C=O) groups excluding carboxylic acids is 1. The summed E-state index contributed by atoms with van der Waals surface area (Å²) in [6.45, 7) is 1.49. The van der Waals surface area contributed by atoms with E-state index in [9.17, 15) is 4.79 Å². The minimum absolute atomic E-state index is 0.171. The number of hydrogen-bond acceptors (Lipinski definition) is 3. The van der Waals surface area contributed by atoms with Crippen molar-refractivity contribution in [3.8, 4) is 11.3 Å². The van der Waals surface area contributed by atoms with Gasteiger partial charge < -0.3 is 15.1 Å². The van der Waals surface area contributed by atoms with E-state index >= 15 is 0 Å². The Morgan fingerprint density at radius 1 is 1.26 bits per heavy atom. The summed E-state index contributed by atoms with van der Waals surface area (Å²) in [5.41, 5.74) is 1.06. The molecule has 0 saturated heterocycles. The molecule has 1 fully saturated rings. The average Bonchev–Trinajstić information content (AvgIpc) is 3.21. The van der Waals surface area contributed by atoms with Gasteiger partial charge in [0.2, 0.25) is 5.91 Å². The van der Waals surface area contributed by atoms with Gasteiger partial charge in [-0.3, -0.25) is 4.79 Å². The Morgan fingerprint density at radius 3 is 2.91 bits per heavy atom. The van der Waals surface area contributed by atoms with Crippen molar-refractivity contribution in [1.29, 1.82) is 0 Å². The standard InChI is InChI=1S/C18H21BrN2O2/c19-14-4-1-3-13(11-14)17-9-8-16(23-17)12-20-10-2-5-18(22)21-15-6-7-15/h1,3-4,8-9,11,15,20H,2,5-7,10,12H2,(H,21,22). The predicted octanol–water partition coefficient (Wildman–Crippen LogP) is 3.86. The van der Waals surface area contributed by atoms with Crippen LogP contribution in [0.4, 0.5) is 0 Å². The van der Waals surface area contributed by atoms with Gasteiger partial charge in [-0.15, -0.1) is 0 Å². The van der Waals surface area contributed by atoms with Crippen LogP contribution in [0.5, 0.6) is 0 Å². The zero-order valence-electron chi connectivity index (χ0n) is 13.0. The summed E-state index contributed by atoms with van der Waals surface area (Å²) in [7, 11) is 0. The minimum atomic E-state index is 0.171. The lowest BCUT2D eigenvalue weighted by atomic mass is 10.2. The normalized spacial score (nSPS) is 14.0. The van der Waals surface area contributed by atoms with Crippen molar-refractivity contribution in [3.63, 3.8) is 0 Å². The Morgan fingerprint density at radius 2 is 2.13 bits per heavy atom. The zero-order chi connectivity index (χ0) is 16.1. The molecule has 23 heavy (non-hydrogen) atoms. The molecule has 0 bridgehead atoms. The van der Waals surface area contributed by atoms with E-state index in [0.29, 0.717) is 19.0 Å². The first-order chi connectivity index (χ1) is 11.2. The maximum absolute atomic E-state index is 11.6. The summed E-state index contributed by atoms with van der Waals surface area (Å²) < 4.78 is 6.89. The second kappa shape index (κ2) is 7.79. The number of benzene rings is 1. The highest BCUT2D eigenvalue weighted by atomic mass is 79.9. The van der Waals surface area contributed by atoms with Gasteiger partial charge >= 0.3 is 0 Å². The molecule has 1 heterocycles. The quantitative estimate of drug-likeness (QED) is 0.687. The number of rotatable bonds is 8. The van der Waals surface area contributed by atoms with Gasteiger partial charge in [0.15, 0.2) is 0 Å². The van der Waals surface area contributed by atoms with Crippen LogP contribution in [-0.2, 0) is 11.3 Å². The number of carbonyl (C=O) groups is 1. The first-order valence-corrected chi connectivity index (χ1v) is 8.85. The van der Waals surface area contributed by atoms with Crippen LogP contribution in [-0.4, -0.2) is 18.5 Å². The molecule has 5 heteroatoms. The van der Waals surface area contributed by atoms with Gasteiger partial charge in [0.1, 0.15) is 11.5 Å².